The third-order valence-corrected chi connectivity index (χ3v) is 5.51. The van der Waals surface area contributed by atoms with Crippen LogP contribution in [-0.4, -0.2) is 58.9 Å². The lowest BCUT2D eigenvalue weighted by molar-refractivity contribution is 0.148. The molecule has 0 N–H and O–H groups in total. The second-order valence-corrected chi connectivity index (χ2v) is 7.79. The van der Waals surface area contributed by atoms with Crippen molar-refractivity contribution in [2.75, 3.05) is 33.2 Å². The van der Waals surface area contributed by atoms with Crippen LogP contribution in [0.4, 0.5) is 5.13 Å². The molecule has 0 aliphatic carbocycles. The molecular formula is C21H23N5S. The molecule has 2 aromatic carbocycles. The Kier molecular flexibility index (Phi) is 5.67. The first kappa shape index (κ1) is 18.0. The van der Waals surface area contributed by atoms with Crippen molar-refractivity contribution in [3.63, 3.8) is 0 Å². The molecule has 138 valence electrons. The van der Waals surface area contributed by atoms with Crippen molar-refractivity contribution in [3.8, 4) is 0 Å². The maximum absolute atomic E-state index is 4.86. The van der Waals surface area contributed by atoms with Gasteiger partial charge >= 0.3 is 0 Å². The molecule has 0 spiro atoms. The maximum atomic E-state index is 4.86. The highest BCUT2D eigenvalue weighted by atomic mass is 32.1. The summed E-state index contributed by atoms with van der Waals surface area (Å²) in [5.74, 6) is 0. The molecule has 1 saturated heterocycles. The Bertz CT molecular complexity index is 842. The zero-order valence-corrected chi connectivity index (χ0v) is 16.3. The summed E-state index contributed by atoms with van der Waals surface area (Å²) in [6, 6.07) is 20.5. The molecule has 1 aliphatic rings. The minimum absolute atomic E-state index is 0.710. The fourth-order valence-electron chi connectivity index (χ4n) is 3.13. The van der Waals surface area contributed by atoms with Crippen molar-refractivity contribution in [3.05, 3.63) is 76.8 Å². The van der Waals surface area contributed by atoms with Gasteiger partial charge in [0.1, 0.15) is 5.01 Å². The molecule has 1 aromatic heterocycles. The van der Waals surface area contributed by atoms with Gasteiger partial charge in [-0.2, -0.15) is 0 Å². The first-order valence-corrected chi connectivity index (χ1v) is 10.0. The third-order valence-electron chi connectivity index (χ3n) is 4.71. The summed E-state index contributed by atoms with van der Waals surface area (Å²) in [5.41, 5.74) is 3.09. The minimum atomic E-state index is 0.710. The lowest BCUT2D eigenvalue weighted by Gasteiger charge is -2.31. The van der Waals surface area contributed by atoms with Crippen LogP contribution in [0.15, 0.2) is 65.7 Å². The number of hydrogen-bond donors (Lipinski definition) is 0. The summed E-state index contributed by atoms with van der Waals surface area (Å²) in [7, 11) is 2.17. The molecule has 0 radical (unpaired) electrons. The van der Waals surface area contributed by atoms with Gasteiger partial charge in [0.2, 0.25) is 5.13 Å². The van der Waals surface area contributed by atoms with E-state index in [4.69, 9.17) is 4.99 Å². The van der Waals surface area contributed by atoms with Gasteiger partial charge < -0.3 is 4.90 Å². The van der Waals surface area contributed by atoms with Crippen molar-refractivity contribution >= 4 is 22.2 Å². The Labute approximate surface area is 164 Å². The molecule has 27 heavy (non-hydrogen) atoms. The normalized spacial score (nSPS) is 15.6. The van der Waals surface area contributed by atoms with Gasteiger partial charge in [-0.15, -0.1) is 10.2 Å². The highest BCUT2D eigenvalue weighted by Gasteiger charge is 2.16. The highest BCUT2D eigenvalue weighted by molar-refractivity contribution is 7.15. The van der Waals surface area contributed by atoms with E-state index in [9.17, 15) is 0 Å². The Morgan fingerprint density at radius 2 is 1.48 bits per heavy atom. The van der Waals surface area contributed by atoms with Gasteiger partial charge in [0, 0.05) is 37.3 Å². The first-order chi connectivity index (χ1) is 13.3. The highest BCUT2D eigenvalue weighted by Crippen LogP contribution is 2.23. The number of aromatic nitrogens is 2. The van der Waals surface area contributed by atoms with E-state index in [-0.39, 0.29) is 0 Å². The summed E-state index contributed by atoms with van der Waals surface area (Å²) in [6.07, 6.45) is 0. The fraction of sp³-hybridized carbons (Fsp3) is 0.286. The van der Waals surface area contributed by atoms with Gasteiger partial charge in [-0.1, -0.05) is 72.0 Å². The van der Waals surface area contributed by atoms with Crippen LogP contribution in [0.1, 0.15) is 16.1 Å². The summed E-state index contributed by atoms with van der Waals surface area (Å²) in [4.78, 5) is 9.65. The molecule has 3 aromatic rings. The van der Waals surface area contributed by atoms with Crippen molar-refractivity contribution in [1.29, 1.82) is 0 Å². The maximum Gasteiger partial charge on any atom is 0.232 e. The molecule has 5 nitrogen and oxygen atoms in total. The average molecular weight is 378 g/mol. The summed E-state index contributed by atoms with van der Waals surface area (Å²) >= 11 is 1.58. The summed E-state index contributed by atoms with van der Waals surface area (Å²) in [5, 5.41) is 10.4. The van der Waals surface area contributed by atoms with Gasteiger partial charge in [-0.25, -0.2) is 4.99 Å². The van der Waals surface area contributed by atoms with Crippen LogP contribution in [0.5, 0.6) is 0 Å². The number of likely N-dealkylation sites (N-methyl/N-ethyl adjacent to an activating group) is 1. The zero-order valence-electron chi connectivity index (χ0n) is 15.5. The standard InChI is InChI=1S/C21H23N5S/c1-25-12-14-26(15-13-25)16-19-23-24-21(27-19)22-20(17-8-4-2-5-9-17)18-10-6-3-7-11-18/h2-11H,12-16H2,1H3. The molecule has 1 fully saturated rings. The van der Waals surface area contributed by atoms with Crippen LogP contribution in [0.3, 0.4) is 0 Å². The molecule has 1 aliphatic heterocycles. The Balaban J connectivity index is 1.57. The van der Waals surface area contributed by atoms with E-state index in [1.165, 1.54) is 0 Å². The number of benzene rings is 2. The average Bonchev–Trinajstić information content (AvgIpc) is 3.16. The van der Waals surface area contributed by atoms with Gasteiger partial charge in [-0.3, -0.25) is 4.90 Å². The molecule has 0 amide bonds. The molecule has 0 atom stereocenters. The van der Waals surface area contributed by atoms with Crippen molar-refractivity contribution in [2.24, 2.45) is 4.99 Å². The monoisotopic (exact) mass is 377 g/mol. The van der Waals surface area contributed by atoms with Crippen LogP contribution in [0.25, 0.3) is 0 Å². The smallest absolute Gasteiger partial charge is 0.232 e. The molecule has 6 heteroatoms. The van der Waals surface area contributed by atoms with Crippen molar-refractivity contribution in [2.45, 2.75) is 6.54 Å². The fourth-order valence-corrected chi connectivity index (χ4v) is 3.89. The molecule has 2 heterocycles. The van der Waals surface area contributed by atoms with Crippen molar-refractivity contribution in [1.82, 2.24) is 20.0 Å². The number of rotatable bonds is 5. The predicted octanol–water partition coefficient (Wildman–Crippen LogP) is 3.45. The van der Waals surface area contributed by atoms with Crippen molar-refractivity contribution < 1.29 is 0 Å². The Morgan fingerprint density at radius 3 is 2.07 bits per heavy atom. The zero-order chi connectivity index (χ0) is 18.5. The molecular weight excluding hydrogens is 354 g/mol. The lowest BCUT2D eigenvalue weighted by atomic mass is 10.0. The van der Waals surface area contributed by atoms with E-state index in [1.54, 1.807) is 11.3 Å². The third kappa shape index (κ3) is 4.66. The molecule has 0 bridgehead atoms. The van der Waals surface area contributed by atoms with E-state index in [1.807, 2.05) is 36.4 Å². The predicted molar refractivity (Wildman–Crippen MR) is 111 cm³/mol. The van der Waals surface area contributed by atoms with E-state index in [2.05, 4.69) is 51.3 Å². The number of piperazine rings is 1. The van der Waals surface area contributed by atoms with Crippen LogP contribution < -0.4 is 0 Å². The van der Waals surface area contributed by atoms with Gasteiger partial charge in [0.15, 0.2) is 0 Å². The lowest BCUT2D eigenvalue weighted by Crippen LogP contribution is -2.43. The van der Waals surface area contributed by atoms with Crippen LogP contribution in [0.2, 0.25) is 0 Å². The number of nitrogens with zero attached hydrogens (tertiary/aromatic N) is 5. The Morgan fingerprint density at radius 1 is 0.889 bits per heavy atom. The van der Waals surface area contributed by atoms with E-state index in [0.29, 0.717) is 5.13 Å². The van der Waals surface area contributed by atoms with Gasteiger partial charge in [0.05, 0.1) is 12.3 Å². The topological polar surface area (TPSA) is 44.6 Å². The Hall–Kier alpha value is -2.41. The minimum Gasteiger partial charge on any atom is -0.304 e. The van der Waals surface area contributed by atoms with E-state index < -0.39 is 0 Å². The van der Waals surface area contributed by atoms with E-state index in [0.717, 1.165) is 54.6 Å². The molecule has 0 saturated carbocycles. The van der Waals surface area contributed by atoms with Gasteiger partial charge in [0.25, 0.3) is 0 Å². The largest absolute Gasteiger partial charge is 0.304 e. The first-order valence-electron chi connectivity index (χ1n) is 9.21. The second-order valence-electron chi connectivity index (χ2n) is 6.75. The van der Waals surface area contributed by atoms with Crippen LogP contribution >= 0.6 is 11.3 Å². The van der Waals surface area contributed by atoms with Crippen LogP contribution in [0, 0.1) is 0 Å². The quantitative estimate of drug-likeness (QED) is 0.639. The molecule has 0 unspecified atom stereocenters. The van der Waals surface area contributed by atoms with Gasteiger partial charge in [-0.05, 0) is 7.05 Å². The molecule has 4 rings (SSSR count). The number of hydrogen-bond acceptors (Lipinski definition) is 6. The summed E-state index contributed by atoms with van der Waals surface area (Å²) < 4.78 is 0. The summed E-state index contributed by atoms with van der Waals surface area (Å²) in [6.45, 7) is 5.22. The second kappa shape index (κ2) is 8.52. The SMILES string of the molecule is CN1CCN(Cc2nnc(N=C(c3ccccc3)c3ccccc3)s2)CC1. The number of aliphatic imine (C=N–C) groups is 1. The van der Waals surface area contributed by atoms with Crippen LogP contribution in [-0.2, 0) is 6.54 Å². The van der Waals surface area contributed by atoms with E-state index >= 15 is 0 Å².